The monoisotopic (exact) mass is 248 g/mol. The maximum atomic E-state index is 12.6. The highest BCUT2D eigenvalue weighted by Crippen LogP contribution is 2.22. The molecule has 0 aliphatic heterocycles. The molecule has 0 radical (unpaired) electrons. The summed E-state index contributed by atoms with van der Waals surface area (Å²) in [4.78, 5) is 15.4. The van der Waals surface area contributed by atoms with Crippen molar-refractivity contribution in [3.63, 3.8) is 0 Å². The number of anilines is 1. The highest BCUT2D eigenvalue weighted by Gasteiger charge is 2.12. The van der Waals surface area contributed by atoms with E-state index in [4.69, 9.17) is 0 Å². The van der Waals surface area contributed by atoms with Gasteiger partial charge in [-0.1, -0.05) is 0 Å². The van der Waals surface area contributed by atoms with Gasteiger partial charge in [0.05, 0.1) is 11.8 Å². The van der Waals surface area contributed by atoms with E-state index in [1.54, 1.807) is 0 Å². The number of rotatable bonds is 2. The lowest BCUT2D eigenvalue weighted by molar-refractivity contribution is 0.102. The van der Waals surface area contributed by atoms with Gasteiger partial charge in [-0.25, -0.2) is 9.37 Å². The number of pyridine rings is 1. The van der Waals surface area contributed by atoms with Crippen molar-refractivity contribution in [1.29, 1.82) is 0 Å². The number of phenols is 2. The van der Waals surface area contributed by atoms with Gasteiger partial charge in [0.25, 0.3) is 5.91 Å². The smallest absolute Gasteiger partial charge is 0.260 e. The maximum Gasteiger partial charge on any atom is 0.260 e. The molecular formula is C12H9FN2O3. The number of nitrogens with one attached hydrogen (secondary N) is 1. The van der Waals surface area contributed by atoms with Gasteiger partial charge in [-0.15, -0.1) is 0 Å². The summed E-state index contributed by atoms with van der Waals surface area (Å²) in [5, 5.41) is 21.1. The largest absolute Gasteiger partial charge is 0.508 e. The van der Waals surface area contributed by atoms with E-state index in [9.17, 15) is 19.4 Å². The van der Waals surface area contributed by atoms with Gasteiger partial charge in [-0.05, 0) is 30.3 Å². The Bertz CT molecular complexity index is 584. The first-order chi connectivity index (χ1) is 8.56. The minimum absolute atomic E-state index is 0.0962. The van der Waals surface area contributed by atoms with Crippen LogP contribution >= 0.6 is 0 Å². The molecule has 0 saturated carbocycles. The number of benzene rings is 1. The quantitative estimate of drug-likeness (QED) is 0.709. The molecule has 1 aromatic heterocycles. The van der Waals surface area contributed by atoms with Crippen LogP contribution in [0.4, 0.5) is 10.2 Å². The maximum absolute atomic E-state index is 12.6. The minimum Gasteiger partial charge on any atom is -0.508 e. The molecule has 0 atom stereocenters. The predicted octanol–water partition coefficient (Wildman–Crippen LogP) is 1.88. The van der Waals surface area contributed by atoms with Crippen LogP contribution in [0.5, 0.6) is 11.5 Å². The molecule has 0 aliphatic carbocycles. The number of carbonyl (C=O) groups is 1. The molecule has 1 heterocycles. The van der Waals surface area contributed by atoms with Crippen molar-refractivity contribution >= 4 is 11.7 Å². The van der Waals surface area contributed by atoms with E-state index >= 15 is 0 Å². The number of amides is 1. The SMILES string of the molecule is O=C(Nc1ccc(F)cn1)c1cc(O)ccc1O. The van der Waals surface area contributed by atoms with E-state index in [1.165, 1.54) is 18.2 Å². The molecule has 1 amide bonds. The number of hydrogen-bond donors (Lipinski definition) is 3. The fraction of sp³-hybridized carbons (Fsp3) is 0. The van der Waals surface area contributed by atoms with Gasteiger partial charge >= 0.3 is 0 Å². The van der Waals surface area contributed by atoms with Crippen LogP contribution in [0.25, 0.3) is 0 Å². The molecule has 18 heavy (non-hydrogen) atoms. The van der Waals surface area contributed by atoms with Gasteiger partial charge in [0.2, 0.25) is 0 Å². The van der Waals surface area contributed by atoms with Crippen LogP contribution in [0.3, 0.4) is 0 Å². The van der Waals surface area contributed by atoms with Gasteiger partial charge in [-0.3, -0.25) is 4.79 Å². The highest BCUT2D eigenvalue weighted by molar-refractivity contribution is 6.05. The Morgan fingerprint density at radius 1 is 1.22 bits per heavy atom. The van der Waals surface area contributed by atoms with Crippen LogP contribution < -0.4 is 5.32 Å². The van der Waals surface area contributed by atoms with Gasteiger partial charge < -0.3 is 15.5 Å². The Kier molecular flexibility index (Phi) is 3.09. The lowest BCUT2D eigenvalue weighted by Gasteiger charge is -2.06. The van der Waals surface area contributed by atoms with Crippen molar-refractivity contribution in [3.8, 4) is 11.5 Å². The molecule has 0 spiro atoms. The van der Waals surface area contributed by atoms with E-state index in [1.807, 2.05) is 0 Å². The van der Waals surface area contributed by atoms with Gasteiger partial charge in [0.15, 0.2) is 0 Å². The van der Waals surface area contributed by atoms with Gasteiger partial charge in [0.1, 0.15) is 23.1 Å². The summed E-state index contributed by atoms with van der Waals surface area (Å²) < 4.78 is 12.6. The lowest BCUT2D eigenvalue weighted by Crippen LogP contribution is -2.13. The lowest BCUT2D eigenvalue weighted by atomic mass is 10.2. The average molecular weight is 248 g/mol. The number of halogens is 1. The number of aromatic hydroxyl groups is 2. The molecule has 92 valence electrons. The van der Waals surface area contributed by atoms with Crippen molar-refractivity contribution in [2.75, 3.05) is 5.32 Å². The Labute approximate surface area is 102 Å². The number of aromatic nitrogens is 1. The Morgan fingerprint density at radius 2 is 2.00 bits per heavy atom. The molecular weight excluding hydrogens is 239 g/mol. The summed E-state index contributed by atoms with van der Waals surface area (Å²) in [6.45, 7) is 0. The zero-order valence-corrected chi connectivity index (χ0v) is 9.09. The number of nitrogens with zero attached hydrogens (tertiary/aromatic N) is 1. The van der Waals surface area contributed by atoms with E-state index in [0.29, 0.717) is 0 Å². The second-order valence-corrected chi connectivity index (χ2v) is 3.52. The van der Waals surface area contributed by atoms with Crippen molar-refractivity contribution in [2.45, 2.75) is 0 Å². The minimum atomic E-state index is -0.650. The van der Waals surface area contributed by atoms with Crippen molar-refractivity contribution in [1.82, 2.24) is 4.98 Å². The van der Waals surface area contributed by atoms with Crippen LogP contribution in [-0.2, 0) is 0 Å². The molecule has 5 nitrogen and oxygen atoms in total. The van der Waals surface area contributed by atoms with Crippen molar-refractivity contribution < 1.29 is 19.4 Å². The van der Waals surface area contributed by atoms with E-state index in [2.05, 4.69) is 10.3 Å². The molecule has 1 aromatic carbocycles. The third-order valence-electron chi connectivity index (χ3n) is 2.19. The second kappa shape index (κ2) is 4.70. The van der Waals surface area contributed by atoms with Crippen LogP contribution in [0.2, 0.25) is 0 Å². The Hall–Kier alpha value is -2.63. The molecule has 0 saturated heterocycles. The highest BCUT2D eigenvalue weighted by atomic mass is 19.1. The van der Waals surface area contributed by atoms with Crippen LogP contribution in [0.1, 0.15) is 10.4 Å². The standard InChI is InChI=1S/C12H9FN2O3/c13-7-1-4-11(14-6-7)15-12(18)9-5-8(16)2-3-10(9)17/h1-6,16-17H,(H,14,15,18). The number of phenolic OH excluding ortho intramolecular Hbond substituents is 2. The van der Waals surface area contributed by atoms with Gasteiger partial charge in [0, 0.05) is 0 Å². The molecule has 3 N–H and O–H groups in total. The Balaban J connectivity index is 2.21. The molecule has 2 rings (SSSR count). The summed E-state index contributed by atoms with van der Waals surface area (Å²) in [5.74, 6) is -1.45. The number of hydrogen-bond acceptors (Lipinski definition) is 4. The zero-order valence-electron chi connectivity index (χ0n) is 9.09. The molecule has 0 fully saturated rings. The van der Waals surface area contributed by atoms with E-state index in [-0.39, 0.29) is 22.9 Å². The third kappa shape index (κ3) is 2.54. The normalized spacial score (nSPS) is 10.1. The van der Waals surface area contributed by atoms with Crippen molar-refractivity contribution in [2.24, 2.45) is 0 Å². The Morgan fingerprint density at radius 3 is 2.67 bits per heavy atom. The molecule has 0 unspecified atom stereocenters. The second-order valence-electron chi connectivity index (χ2n) is 3.52. The number of carbonyl (C=O) groups excluding carboxylic acids is 1. The molecule has 6 heteroatoms. The first-order valence-corrected chi connectivity index (χ1v) is 5.01. The van der Waals surface area contributed by atoms with Crippen LogP contribution in [0.15, 0.2) is 36.5 Å². The molecule has 0 aliphatic rings. The van der Waals surface area contributed by atoms with Gasteiger partial charge in [-0.2, -0.15) is 0 Å². The summed E-state index contributed by atoms with van der Waals surface area (Å²) in [6, 6.07) is 6.00. The first kappa shape index (κ1) is 11.8. The summed E-state index contributed by atoms with van der Waals surface area (Å²) in [6.07, 6.45) is 0.956. The predicted molar refractivity (Wildman–Crippen MR) is 61.9 cm³/mol. The molecule has 2 aromatic rings. The van der Waals surface area contributed by atoms with Crippen molar-refractivity contribution in [3.05, 3.63) is 47.9 Å². The molecule has 0 bridgehead atoms. The van der Waals surface area contributed by atoms with Crippen LogP contribution in [0, 0.1) is 5.82 Å². The zero-order chi connectivity index (χ0) is 13.1. The average Bonchev–Trinajstić information content (AvgIpc) is 2.35. The third-order valence-corrected chi connectivity index (χ3v) is 2.19. The fourth-order valence-corrected chi connectivity index (χ4v) is 1.34. The van der Waals surface area contributed by atoms with E-state index in [0.717, 1.165) is 18.3 Å². The summed E-state index contributed by atoms with van der Waals surface area (Å²) in [7, 11) is 0. The van der Waals surface area contributed by atoms with Crippen LogP contribution in [-0.4, -0.2) is 21.1 Å². The fourth-order valence-electron chi connectivity index (χ4n) is 1.34. The summed E-state index contributed by atoms with van der Waals surface area (Å²) >= 11 is 0. The summed E-state index contributed by atoms with van der Waals surface area (Å²) in [5.41, 5.74) is -0.0962. The van der Waals surface area contributed by atoms with E-state index < -0.39 is 11.7 Å². The topological polar surface area (TPSA) is 82.5 Å². The first-order valence-electron chi connectivity index (χ1n) is 5.01.